The van der Waals surface area contributed by atoms with E-state index in [4.69, 9.17) is 9.84 Å². The average molecular weight is 308 g/mol. The van der Waals surface area contributed by atoms with Gasteiger partial charge in [0.05, 0.1) is 18.1 Å². The molecule has 0 aliphatic rings. The molecule has 0 unspecified atom stereocenters. The fraction of sp³-hybridized carbons (Fsp3) is 0.500. The van der Waals surface area contributed by atoms with Crippen LogP contribution in [0.5, 0.6) is 5.75 Å². The SMILES string of the molecule is CCOc1cc(N(CCO)CC(F)(F)F)ccc1[N+](=O)[O-]. The van der Waals surface area contributed by atoms with E-state index in [0.717, 1.165) is 11.0 Å². The van der Waals surface area contributed by atoms with E-state index in [9.17, 15) is 23.3 Å². The molecular weight excluding hydrogens is 293 g/mol. The highest BCUT2D eigenvalue weighted by molar-refractivity contribution is 5.59. The maximum Gasteiger partial charge on any atom is 0.405 e. The number of hydrogen-bond acceptors (Lipinski definition) is 5. The highest BCUT2D eigenvalue weighted by Crippen LogP contribution is 2.32. The van der Waals surface area contributed by atoms with Gasteiger partial charge in [0.1, 0.15) is 6.54 Å². The van der Waals surface area contributed by atoms with Crippen molar-refractivity contribution < 1.29 is 27.9 Å². The van der Waals surface area contributed by atoms with Crippen LogP contribution in [0.2, 0.25) is 0 Å². The Balaban J connectivity index is 3.13. The number of anilines is 1. The van der Waals surface area contributed by atoms with Crippen molar-refractivity contribution in [3.8, 4) is 5.75 Å². The third kappa shape index (κ3) is 5.10. The van der Waals surface area contributed by atoms with Crippen molar-refractivity contribution in [3.63, 3.8) is 0 Å². The molecule has 0 aliphatic carbocycles. The maximum atomic E-state index is 12.5. The van der Waals surface area contributed by atoms with Crippen LogP contribution in [0.1, 0.15) is 6.92 Å². The first-order valence-electron chi connectivity index (χ1n) is 6.12. The number of nitro groups is 1. The second kappa shape index (κ2) is 7.11. The van der Waals surface area contributed by atoms with Gasteiger partial charge in [0, 0.05) is 24.4 Å². The number of aliphatic hydroxyl groups is 1. The molecule has 21 heavy (non-hydrogen) atoms. The van der Waals surface area contributed by atoms with Crippen LogP contribution in [0.4, 0.5) is 24.5 Å². The van der Waals surface area contributed by atoms with E-state index in [-0.39, 0.29) is 30.3 Å². The van der Waals surface area contributed by atoms with Gasteiger partial charge in [-0.15, -0.1) is 0 Å². The minimum absolute atomic E-state index is 0.0930. The highest BCUT2D eigenvalue weighted by atomic mass is 19.4. The molecule has 0 aromatic heterocycles. The summed E-state index contributed by atoms with van der Waals surface area (Å²) in [6, 6.07) is 3.45. The number of aliphatic hydroxyl groups excluding tert-OH is 1. The largest absolute Gasteiger partial charge is 0.487 e. The number of hydrogen-bond donors (Lipinski definition) is 1. The minimum Gasteiger partial charge on any atom is -0.487 e. The van der Waals surface area contributed by atoms with Gasteiger partial charge in [-0.1, -0.05) is 0 Å². The molecule has 1 aromatic rings. The lowest BCUT2D eigenvalue weighted by Gasteiger charge is -2.25. The second-order valence-electron chi connectivity index (χ2n) is 4.10. The molecular formula is C12H15F3N2O4. The predicted octanol–water partition coefficient (Wildman–Crippen LogP) is 2.35. The zero-order chi connectivity index (χ0) is 16.0. The molecule has 0 aliphatic heterocycles. The van der Waals surface area contributed by atoms with Gasteiger partial charge in [-0.25, -0.2) is 0 Å². The number of halogens is 3. The van der Waals surface area contributed by atoms with Crippen molar-refractivity contribution in [2.45, 2.75) is 13.1 Å². The molecule has 6 nitrogen and oxygen atoms in total. The first-order valence-corrected chi connectivity index (χ1v) is 6.12. The van der Waals surface area contributed by atoms with E-state index in [1.807, 2.05) is 0 Å². The summed E-state index contributed by atoms with van der Waals surface area (Å²) >= 11 is 0. The van der Waals surface area contributed by atoms with Crippen LogP contribution in [0, 0.1) is 10.1 Å². The van der Waals surface area contributed by atoms with Gasteiger partial charge in [-0.05, 0) is 13.0 Å². The molecule has 0 radical (unpaired) electrons. The Bertz CT molecular complexity index is 494. The smallest absolute Gasteiger partial charge is 0.405 e. The Morgan fingerprint density at radius 1 is 1.43 bits per heavy atom. The molecule has 0 heterocycles. The molecule has 0 amide bonds. The fourth-order valence-corrected chi connectivity index (χ4v) is 1.76. The second-order valence-corrected chi connectivity index (χ2v) is 4.10. The monoisotopic (exact) mass is 308 g/mol. The van der Waals surface area contributed by atoms with Crippen LogP contribution < -0.4 is 9.64 Å². The van der Waals surface area contributed by atoms with Crippen molar-refractivity contribution in [1.82, 2.24) is 0 Å². The normalized spacial score (nSPS) is 11.3. The Labute approximate surface area is 118 Å². The van der Waals surface area contributed by atoms with Crippen molar-refractivity contribution >= 4 is 11.4 Å². The minimum atomic E-state index is -4.46. The molecule has 118 valence electrons. The van der Waals surface area contributed by atoms with E-state index < -0.39 is 24.3 Å². The summed E-state index contributed by atoms with van der Waals surface area (Å²) in [7, 11) is 0. The van der Waals surface area contributed by atoms with Gasteiger partial charge in [0.15, 0.2) is 5.75 Å². The zero-order valence-electron chi connectivity index (χ0n) is 11.3. The summed E-state index contributed by atoms with van der Waals surface area (Å²) in [5, 5.41) is 19.7. The summed E-state index contributed by atoms with van der Waals surface area (Å²) in [5.74, 6) is -0.106. The number of rotatable bonds is 7. The molecule has 0 saturated heterocycles. The van der Waals surface area contributed by atoms with Crippen molar-refractivity contribution in [3.05, 3.63) is 28.3 Å². The molecule has 1 N–H and O–H groups in total. The zero-order valence-corrected chi connectivity index (χ0v) is 11.3. The number of nitrogens with zero attached hydrogens (tertiary/aromatic N) is 2. The molecule has 1 rings (SSSR count). The summed E-state index contributed by atoms with van der Waals surface area (Å²) in [6.45, 7) is -0.238. The van der Waals surface area contributed by atoms with Crippen LogP contribution in [-0.4, -0.2) is 42.5 Å². The molecule has 0 spiro atoms. The summed E-state index contributed by atoms with van der Waals surface area (Å²) in [6.07, 6.45) is -4.46. The van der Waals surface area contributed by atoms with Gasteiger partial charge >= 0.3 is 11.9 Å². The van der Waals surface area contributed by atoms with Gasteiger partial charge in [-0.2, -0.15) is 13.2 Å². The molecule has 9 heteroatoms. The lowest BCUT2D eigenvalue weighted by atomic mass is 10.2. The third-order valence-corrected chi connectivity index (χ3v) is 2.55. The fourth-order valence-electron chi connectivity index (χ4n) is 1.76. The van der Waals surface area contributed by atoms with Crippen LogP contribution >= 0.6 is 0 Å². The molecule has 1 aromatic carbocycles. The molecule has 0 atom stereocenters. The first-order chi connectivity index (χ1) is 9.78. The Kier molecular flexibility index (Phi) is 5.77. The number of alkyl halides is 3. The molecule has 0 bridgehead atoms. The third-order valence-electron chi connectivity index (χ3n) is 2.55. The summed E-state index contributed by atoms with van der Waals surface area (Å²) < 4.78 is 42.6. The van der Waals surface area contributed by atoms with Gasteiger partial charge in [-0.3, -0.25) is 10.1 Å². The summed E-state index contributed by atoms with van der Waals surface area (Å²) in [4.78, 5) is 11.0. The van der Waals surface area contributed by atoms with Crippen molar-refractivity contribution in [1.29, 1.82) is 0 Å². The number of ether oxygens (including phenoxy) is 1. The Morgan fingerprint density at radius 3 is 2.57 bits per heavy atom. The molecule has 0 saturated carbocycles. The van der Waals surface area contributed by atoms with Gasteiger partial charge in [0.25, 0.3) is 0 Å². The standard InChI is InChI=1S/C12H15F3N2O4/c1-2-21-11-7-9(3-4-10(11)17(19)20)16(5-6-18)8-12(13,14)15/h3-4,7,18H,2,5-6,8H2,1H3. The van der Waals surface area contributed by atoms with Crippen molar-refractivity contribution in [2.24, 2.45) is 0 Å². The van der Waals surface area contributed by atoms with E-state index in [2.05, 4.69) is 0 Å². The quantitative estimate of drug-likeness (QED) is 0.618. The highest BCUT2D eigenvalue weighted by Gasteiger charge is 2.31. The van der Waals surface area contributed by atoms with Gasteiger partial charge in [0.2, 0.25) is 0 Å². The summed E-state index contributed by atoms with van der Waals surface area (Å²) in [5.41, 5.74) is -0.230. The van der Waals surface area contributed by atoms with E-state index in [1.165, 1.54) is 12.1 Å². The van der Waals surface area contributed by atoms with Crippen molar-refractivity contribution in [2.75, 3.05) is 31.2 Å². The topological polar surface area (TPSA) is 75.8 Å². The van der Waals surface area contributed by atoms with Gasteiger partial charge < -0.3 is 14.7 Å². The van der Waals surface area contributed by atoms with E-state index >= 15 is 0 Å². The number of nitro benzene ring substituents is 1. The average Bonchev–Trinajstić information content (AvgIpc) is 2.36. The Morgan fingerprint density at radius 2 is 2.10 bits per heavy atom. The van der Waals surface area contributed by atoms with Crippen LogP contribution in [-0.2, 0) is 0 Å². The maximum absolute atomic E-state index is 12.5. The molecule has 0 fully saturated rings. The van der Waals surface area contributed by atoms with E-state index in [0.29, 0.717) is 0 Å². The van der Waals surface area contributed by atoms with Crippen LogP contribution in [0.15, 0.2) is 18.2 Å². The lowest BCUT2D eigenvalue weighted by Crippen LogP contribution is -2.36. The predicted molar refractivity (Wildman–Crippen MR) is 69.6 cm³/mol. The van der Waals surface area contributed by atoms with Crippen LogP contribution in [0.25, 0.3) is 0 Å². The van der Waals surface area contributed by atoms with E-state index in [1.54, 1.807) is 6.92 Å². The first kappa shape index (κ1) is 17.0. The van der Waals surface area contributed by atoms with Crippen LogP contribution in [0.3, 0.4) is 0 Å². The lowest BCUT2D eigenvalue weighted by molar-refractivity contribution is -0.385. The Hall–Kier alpha value is -2.03. The number of benzene rings is 1.